The van der Waals surface area contributed by atoms with Crippen LogP contribution in [0, 0.1) is 13.8 Å². The third kappa shape index (κ3) is 3.87. The molecule has 1 aliphatic rings. The normalized spacial score (nSPS) is 15.7. The molecule has 1 aromatic carbocycles. The van der Waals surface area contributed by atoms with Crippen LogP contribution < -0.4 is 0 Å². The van der Waals surface area contributed by atoms with Crippen LogP contribution in [0.15, 0.2) is 34.8 Å². The molecule has 0 spiro atoms. The van der Waals surface area contributed by atoms with Gasteiger partial charge in [0.25, 0.3) is 5.91 Å². The number of halogens is 1. The Bertz CT molecular complexity index is 720. The van der Waals surface area contributed by atoms with E-state index in [2.05, 4.69) is 43.6 Å². The quantitative estimate of drug-likeness (QED) is 0.805. The molecule has 1 amide bonds. The fraction of sp³-hybridized carbons (Fsp3) is 0.444. The van der Waals surface area contributed by atoms with Crippen molar-refractivity contribution in [2.75, 3.05) is 32.7 Å². The number of piperazine rings is 1. The van der Waals surface area contributed by atoms with E-state index in [0.717, 1.165) is 55.0 Å². The molecule has 0 bridgehead atoms. The SMILES string of the molecule is Cc1cc(C)n(CCN2CCN(C(=O)c3ccccc3Br)CC2)n1. The summed E-state index contributed by atoms with van der Waals surface area (Å²) in [7, 11) is 0. The first kappa shape index (κ1) is 17.2. The molecular weight excluding hydrogens is 368 g/mol. The number of aryl methyl sites for hydroxylation is 2. The average molecular weight is 391 g/mol. The monoisotopic (exact) mass is 390 g/mol. The standard InChI is InChI=1S/C18H23BrN4O/c1-14-13-15(2)23(20-14)12-9-21-7-10-22(11-8-21)18(24)16-5-3-4-6-17(16)19/h3-6,13H,7-12H2,1-2H3. The van der Waals surface area contributed by atoms with E-state index in [-0.39, 0.29) is 5.91 Å². The maximum absolute atomic E-state index is 12.6. The van der Waals surface area contributed by atoms with Crippen LogP contribution in [-0.4, -0.2) is 58.2 Å². The molecule has 2 aromatic rings. The minimum absolute atomic E-state index is 0.112. The minimum atomic E-state index is 0.112. The average Bonchev–Trinajstić information content (AvgIpc) is 2.91. The van der Waals surface area contributed by atoms with E-state index in [1.165, 1.54) is 5.69 Å². The van der Waals surface area contributed by atoms with Crippen molar-refractivity contribution < 1.29 is 4.79 Å². The molecular formula is C18H23BrN4O. The summed E-state index contributed by atoms with van der Waals surface area (Å²) in [4.78, 5) is 17.0. The number of amides is 1. The van der Waals surface area contributed by atoms with Crippen LogP contribution in [0.5, 0.6) is 0 Å². The van der Waals surface area contributed by atoms with Crippen LogP contribution >= 0.6 is 15.9 Å². The van der Waals surface area contributed by atoms with Crippen molar-refractivity contribution in [3.63, 3.8) is 0 Å². The van der Waals surface area contributed by atoms with E-state index in [4.69, 9.17) is 0 Å². The highest BCUT2D eigenvalue weighted by atomic mass is 79.9. The van der Waals surface area contributed by atoms with Crippen molar-refractivity contribution in [2.24, 2.45) is 0 Å². The zero-order valence-electron chi connectivity index (χ0n) is 14.2. The molecule has 1 aromatic heterocycles. The number of benzene rings is 1. The summed E-state index contributed by atoms with van der Waals surface area (Å²) in [6.45, 7) is 9.36. The number of hydrogen-bond donors (Lipinski definition) is 0. The molecule has 0 aliphatic carbocycles. The molecule has 24 heavy (non-hydrogen) atoms. The van der Waals surface area contributed by atoms with Crippen molar-refractivity contribution in [1.29, 1.82) is 0 Å². The first-order chi connectivity index (χ1) is 11.5. The second-order valence-corrected chi connectivity index (χ2v) is 7.12. The third-order valence-corrected chi connectivity index (χ3v) is 5.19. The van der Waals surface area contributed by atoms with E-state index >= 15 is 0 Å². The summed E-state index contributed by atoms with van der Waals surface area (Å²) in [6.07, 6.45) is 0. The van der Waals surface area contributed by atoms with Gasteiger partial charge in [0.05, 0.1) is 17.8 Å². The number of nitrogens with zero attached hydrogens (tertiary/aromatic N) is 4. The first-order valence-corrected chi connectivity index (χ1v) is 9.11. The molecule has 1 aliphatic heterocycles. The van der Waals surface area contributed by atoms with Crippen LogP contribution in [0.3, 0.4) is 0 Å². The Morgan fingerprint density at radius 3 is 2.46 bits per heavy atom. The van der Waals surface area contributed by atoms with Crippen molar-refractivity contribution in [3.05, 3.63) is 51.8 Å². The summed E-state index contributed by atoms with van der Waals surface area (Å²) >= 11 is 3.47. The van der Waals surface area contributed by atoms with E-state index in [9.17, 15) is 4.79 Å². The molecule has 0 atom stereocenters. The summed E-state index contributed by atoms with van der Waals surface area (Å²) in [5, 5.41) is 4.51. The molecule has 2 heterocycles. The predicted octanol–water partition coefficient (Wildman–Crippen LogP) is 2.72. The number of rotatable bonds is 4. The third-order valence-electron chi connectivity index (χ3n) is 4.50. The van der Waals surface area contributed by atoms with Gasteiger partial charge in [-0.05, 0) is 48.0 Å². The summed E-state index contributed by atoms with van der Waals surface area (Å²) in [5.74, 6) is 0.112. The second-order valence-electron chi connectivity index (χ2n) is 6.26. The lowest BCUT2D eigenvalue weighted by Crippen LogP contribution is -2.49. The van der Waals surface area contributed by atoms with Crippen molar-refractivity contribution in [3.8, 4) is 0 Å². The van der Waals surface area contributed by atoms with Gasteiger partial charge in [-0.2, -0.15) is 5.10 Å². The number of carbonyl (C=O) groups is 1. The van der Waals surface area contributed by atoms with Gasteiger partial charge in [0.15, 0.2) is 0 Å². The van der Waals surface area contributed by atoms with Gasteiger partial charge in [0.2, 0.25) is 0 Å². The van der Waals surface area contributed by atoms with E-state index in [1.54, 1.807) is 0 Å². The lowest BCUT2D eigenvalue weighted by Gasteiger charge is -2.35. The molecule has 5 nitrogen and oxygen atoms in total. The number of carbonyl (C=O) groups excluding carboxylic acids is 1. The number of hydrogen-bond acceptors (Lipinski definition) is 3. The molecule has 0 radical (unpaired) electrons. The highest BCUT2D eigenvalue weighted by Gasteiger charge is 2.23. The largest absolute Gasteiger partial charge is 0.336 e. The van der Waals surface area contributed by atoms with Crippen molar-refractivity contribution in [1.82, 2.24) is 19.6 Å². The van der Waals surface area contributed by atoms with E-state index in [0.29, 0.717) is 0 Å². The Balaban J connectivity index is 1.51. The van der Waals surface area contributed by atoms with Crippen LogP contribution in [0.4, 0.5) is 0 Å². The van der Waals surface area contributed by atoms with E-state index in [1.807, 2.05) is 36.1 Å². The first-order valence-electron chi connectivity index (χ1n) is 8.32. The van der Waals surface area contributed by atoms with Gasteiger partial charge in [-0.3, -0.25) is 14.4 Å². The lowest BCUT2D eigenvalue weighted by atomic mass is 10.2. The zero-order valence-corrected chi connectivity index (χ0v) is 15.8. The molecule has 0 unspecified atom stereocenters. The fourth-order valence-corrected chi connectivity index (χ4v) is 3.57. The smallest absolute Gasteiger partial charge is 0.255 e. The minimum Gasteiger partial charge on any atom is -0.336 e. The highest BCUT2D eigenvalue weighted by Crippen LogP contribution is 2.18. The number of aromatic nitrogens is 2. The Morgan fingerprint density at radius 1 is 1.12 bits per heavy atom. The van der Waals surface area contributed by atoms with Gasteiger partial charge >= 0.3 is 0 Å². The predicted molar refractivity (Wildman–Crippen MR) is 98.2 cm³/mol. The molecule has 0 saturated carbocycles. The summed E-state index contributed by atoms with van der Waals surface area (Å²) in [5.41, 5.74) is 3.01. The Morgan fingerprint density at radius 2 is 1.83 bits per heavy atom. The second kappa shape index (κ2) is 7.49. The van der Waals surface area contributed by atoms with Gasteiger partial charge in [0.1, 0.15) is 0 Å². The Hall–Kier alpha value is -1.66. The van der Waals surface area contributed by atoms with Gasteiger partial charge in [-0.1, -0.05) is 12.1 Å². The van der Waals surface area contributed by atoms with E-state index < -0.39 is 0 Å². The van der Waals surface area contributed by atoms with Crippen molar-refractivity contribution in [2.45, 2.75) is 20.4 Å². The molecule has 6 heteroatoms. The van der Waals surface area contributed by atoms with Gasteiger partial charge in [-0.15, -0.1) is 0 Å². The molecule has 3 rings (SSSR count). The summed E-state index contributed by atoms with van der Waals surface area (Å²) in [6, 6.07) is 9.73. The molecule has 128 valence electrons. The van der Waals surface area contributed by atoms with Gasteiger partial charge in [0, 0.05) is 42.9 Å². The summed E-state index contributed by atoms with van der Waals surface area (Å²) < 4.78 is 2.93. The zero-order chi connectivity index (χ0) is 17.1. The molecule has 1 saturated heterocycles. The molecule has 1 fully saturated rings. The van der Waals surface area contributed by atoms with Crippen LogP contribution in [0.1, 0.15) is 21.7 Å². The van der Waals surface area contributed by atoms with Crippen molar-refractivity contribution >= 4 is 21.8 Å². The lowest BCUT2D eigenvalue weighted by molar-refractivity contribution is 0.0631. The Kier molecular flexibility index (Phi) is 5.36. The Labute approximate surface area is 151 Å². The molecule has 0 N–H and O–H groups in total. The maximum Gasteiger partial charge on any atom is 0.255 e. The van der Waals surface area contributed by atoms with Crippen LogP contribution in [0.25, 0.3) is 0 Å². The topological polar surface area (TPSA) is 41.4 Å². The maximum atomic E-state index is 12.6. The van der Waals surface area contributed by atoms with Gasteiger partial charge < -0.3 is 4.90 Å². The van der Waals surface area contributed by atoms with Crippen LogP contribution in [0.2, 0.25) is 0 Å². The highest BCUT2D eigenvalue weighted by molar-refractivity contribution is 9.10. The van der Waals surface area contributed by atoms with Crippen LogP contribution in [-0.2, 0) is 6.54 Å². The van der Waals surface area contributed by atoms with Gasteiger partial charge in [-0.25, -0.2) is 0 Å². The fourth-order valence-electron chi connectivity index (χ4n) is 3.12.